The van der Waals surface area contributed by atoms with Crippen LogP contribution in [0.3, 0.4) is 0 Å². The average molecular weight is 407 g/mol. The minimum Gasteiger partial charge on any atom is -0.493 e. The summed E-state index contributed by atoms with van der Waals surface area (Å²) in [5.41, 5.74) is 1.48. The molecule has 0 aliphatic carbocycles. The number of fused-ring (bicyclic) bond motifs is 1. The summed E-state index contributed by atoms with van der Waals surface area (Å²) in [4.78, 5) is 12.4. The number of rotatable bonds is 9. The Balaban J connectivity index is 1.67. The first-order valence-electron chi connectivity index (χ1n) is 9.52. The van der Waals surface area contributed by atoms with E-state index in [4.69, 9.17) is 18.6 Å². The van der Waals surface area contributed by atoms with Gasteiger partial charge in [0.2, 0.25) is 5.91 Å². The van der Waals surface area contributed by atoms with Gasteiger partial charge in [0.05, 0.1) is 20.3 Å². The molecule has 1 unspecified atom stereocenters. The van der Waals surface area contributed by atoms with Crippen molar-refractivity contribution in [3.63, 3.8) is 0 Å². The largest absolute Gasteiger partial charge is 0.493 e. The van der Waals surface area contributed by atoms with E-state index in [9.17, 15) is 4.79 Å². The highest BCUT2D eigenvalue weighted by atomic mass is 16.5. The first kappa shape index (κ1) is 21.0. The zero-order valence-corrected chi connectivity index (χ0v) is 17.3. The van der Waals surface area contributed by atoms with E-state index in [0.29, 0.717) is 35.2 Å². The lowest BCUT2D eigenvalue weighted by Crippen LogP contribution is -2.24. The molecule has 3 aromatic rings. The Morgan fingerprint density at radius 2 is 1.93 bits per heavy atom. The lowest BCUT2D eigenvalue weighted by atomic mass is 10.1. The molecule has 3 rings (SSSR count). The van der Waals surface area contributed by atoms with Gasteiger partial charge in [-0.3, -0.25) is 4.79 Å². The standard InChI is InChI=1S/C24H25NO5/c1-5-13-29-19-11-9-17(14-22(19)28-4)10-12-23(26)25-16(2)21-15-18-7-6-8-20(27-3)24(18)30-21/h5-12,14-16H,1,13H2,2-4H3,(H,25,26)/b12-10+. The van der Waals surface area contributed by atoms with Crippen LogP contribution in [0.15, 0.2) is 65.6 Å². The molecule has 2 aromatic carbocycles. The summed E-state index contributed by atoms with van der Waals surface area (Å²) in [5.74, 6) is 2.28. The van der Waals surface area contributed by atoms with Gasteiger partial charge in [-0.25, -0.2) is 0 Å². The molecule has 156 valence electrons. The molecule has 0 aliphatic heterocycles. The second kappa shape index (κ2) is 9.69. The number of carbonyl (C=O) groups is 1. The highest BCUT2D eigenvalue weighted by Gasteiger charge is 2.15. The molecular weight excluding hydrogens is 382 g/mol. The van der Waals surface area contributed by atoms with Gasteiger partial charge in [-0.1, -0.05) is 30.9 Å². The fourth-order valence-electron chi connectivity index (χ4n) is 2.99. The molecule has 0 radical (unpaired) electrons. The summed E-state index contributed by atoms with van der Waals surface area (Å²) < 4.78 is 22.1. The molecule has 0 bridgehead atoms. The predicted molar refractivity (Wildman–Crippen MR) is 117 cm³/mol. The monoisotopic (exact) mass is 407 g/mol. The maximum absolute atomic E-state index is 12.4. The van der Waals surface area contributed by atoms with Crippen molar-refractivity contribution in [1.29, 1.82) is 0 Å². The summed E-state index contributed by atoms with van der Waals surface area (Å²) in [6, 6.07) is 12.7. The number of furan rings is 1. The molecule has 30 heavy (non-hydrogen) atoms. The third kappa shape index (κ3) is 4.84. The highest BCUT2D eigenvalue weighted by molar-refractivity contribution is 5.92. The number of para-hydroxylation sites is 1. The van der Waals surface area contributed by atoms with Gasteiger partial charge >= 0.3 is 0 Å². The molecule has 1 heterocycles. The maximum Gasteiger partial charge on any atom is 0.244 e. The minimum absolute atomic E-state index is 0.235. The smallest absolute Gasteiger partial charge is 0.244 e. The number of carbonyl (C=O) groups excluding carboxylic acids is 1. The Bertz CT molecular complexity index is 1070. The van der Waals surface area contributed by atoms with Gasteiger partial charge in [-0.05, 0) is 42.8 Å². The fraction of sp³-hybridized carbons (Fsp3) is 0.208. The molecule has 6 nitrogen and oxygen atoms in total. The molecule has 0 spiro atoms. The lowest BCUT2D eigenvalue weighted by molar-refractivity contribution is -0.117. The van der Waals surface area contributed by atoms with Crippen molar-refractivity contribution in [3.05, 3.63) is 72.5 Å². The van der Waals surface area contributed by atoms with Crippen LogP contribution >= 0.6 is 0 Å². The van der Waals surface area contributed by atoms with Crippen LogP contribution in [0.2, 0.25) is 0 Å². The summed E-state index contributed by atoms with van der Waals surface area (Å²) in [5, 5.41) is 3.83. The number of methoxy groups -OCH3 is 2. The van der Waals surface area contributed by atoms with E-state index in [1.165, 1.54) is 6.08 Å². The van der Waals surface area contributed by atoms with Gasteiger partial charge in [-0.15, -0.1) is 0 Å². The van der Waals surface area contributed by atoms with E-state index in [1.54, 1.807) is 38.5 Å². The molecule has 1 amide bonds. The molecule has 0 saturated heterocycles. The van der Waals surface area contributed by atoms with Gasteiger partial charge in [0.1, 0.15) is 12.4 Å². The van der Waals surface area contributed by atoms with E-state index in [0.717, 1.165) is 10.9 Å². The number of ether oxygens (including phenoxy) is 3. The minimum atomic E-state index is -0.302. The Labute approximate surface area is 175 Å². The van der Waals surface area contributed by atoms with E-state index in [2.05, 4.69) is 11.9 Å². The number of benzene rings is 2. The van der Waals surface area contributed by atoms with Crippen molar-refractivity contribution in [2.24, 2.45) is 0 Å². The highest BCUT2D eigenvalue weighted by Crippen LogP contribution is 2.31. The lowest BCUT2D eigenvalue weighted by Gasteiger charge is -2.10. The topological polar surface area (TPSA) is 69.9 Å². The molecule has 1 atom stereocenters. The Kier molecular flexibility index (Phi) is 6.80. The molecule has 1 N–H and O–H groups in total. The van der Waals surface area contributed by atoms with Crippen molar-refractivity contribution in [3.8, 4) is 17.2 Å². The van der Waals surface area contributed by atoms with E-state index in [-0.39, 0.29) is 11.9 Å². The van der Waals surface area contributed by atoms with Gasteiger partial charge in [0, 0.05) is 11.5 Å². The quantitative estimate of drug-likeness (QED) is 0.403. The van der Waals surface area contributed by atoms with Crippen molar-refractivity contribution in [2.45, 2.75) is 13.0 Å². The molecule has 6 heteroatoms. The van der Waals surface area contributed by atoms with Gasteiger partial charge < -0.3 is 23.9 Å². The van der Waals surface area contributed by atoms with Crippen LogP contribution in [0.5, 0.6) is 17.2 Å². The van der Waals surface area contributed by atoms with Crippen LogP contribution in [-0.4, -0.2) is 26.7 Å². The zero-order chi connectivity index (χ0) is 21.5. The molecule has 0 aliphatic rings. The number of hydrogen-bond acceptors (Lipinski definition) is 5. The summed E-state index contributed by atoms with van der Waals surface area (Å²) in [6.45, 7) is 5.88. The molecule has 1 aromatic heterocycles. The first-order valence-corrected chi connectivity index (χ1v) is 9.52. The first-order chi connectivity index (χ1) is 14.5. The van der Waals surface area contributed by atoms with Crippen molar-refractivity contribution < 1.29 is 23.4 Å². The van der Waals surface area contributed by atoms with Crippen LogP contribution in [0.25, 0.3) is 17.0 Å². The van der Waals surface area contributed by atoms with Crippen molar-refractivity contribution in [2.75, 3.05) is 20.8 Å². The molecular formula is C24H25NO5. The number of nitrogens with one attached hydrogen (secondary N) is 1. The third-order valence-corrected chi connectivity index (χ3v) is 4.50. The van der Waals surface area contributed by atoms with Crippen LogP contribution in [0, 0.1) is 0 Å². The van der Waals surface area contributed by atoms with E-state index >= 15 is 0 Å². The Morgan fingerprint density at radius 3 is 2.67 bits per heavy atom. The summed E-state index contributed by atoms with van der Waals surface area (Å²) in [6.07, 6.45) is 4.85. The van der Waals surface area contributed by atoms with Crippen LogP contribution < -0.4 is 19.5 Å². The van der Waals surface area contributed by atoms with Gasteiger partial charge in [0.15, 0.2) is 22.8 Å². The Hall–Kier alpha value is -3.67. The third-order valence-electron chi connectivity index (χ3n) is 4.50. The fourth-order valence-corrected chi connectivity index (χ4v) is 2.99. The van der Waals surface area contributed by atoms with Gasteiger partial charge in [0.25, 0.3) is 0 Å². The van der Waals surface area contributed by atoms with E-state index < -0.39 is 0 Å². The van der Waals surface area contributed by atoms with Crippen LogP contribution in [0.1, 0.15) is 24.3 Å². The summed E-state index contributed by atoms with van der Waals surface area (Å²) >= 11 is 0. The maximum atomic E-state index is 12.4. The Morgan fingerprint density at radius 1 is 1.13 bits per heavy atom. The van der Waals surface area contributed by atoms with Gasteiger partial charge in [-0.2, -0.15) is 0 Å². The SMILES string of the molecule is C=CCOc1ccc(/C=C/C(=O)NC(C)c2cc3cccc(OC)c3o2)cc1OC. The predicted octanol–water partition coefficient (Wildman–Crippen LogP) is 4.91. The normalized spacial score (nSPS) is 12.0. The van der Waals surface area contributed by atoms with E-state index in [1.807, 2.05) is 37.3 Å². The molecule has 0 fully saturated rings. The number of amides is 1. The zero-order valence-electron chi connectivity index (χ0n) is 17.3. The van der Waals surface area contributed by atoms with Crippen LogP contribution in [-0.2, 0) is 4.79 Å². The second-order valence-electron chi connectivity index (χ2n) is 6.60. The summed E-state index contributed by atoms with van der Waals surface area (Å²) in [7, 11) is 3.17. The number of hydrogen-bond donors (Lipinski definition) is 1. The van der Waals surface area contributed by atoms with Crippen molar-refractivity contribution >= 4 is 23.0 Å². The van der Waals surface area contributed by atoms with Crippen molar-refractivity contribution in [1.82, 2.24) is 5.32 Å². The molecule has 0 saturated carbocycles. The average Bonchev–Trinajstić information content (AvgIpc) is 3.21. The van der Waals surface area contributed by atoms with Crippen LogP contribution in [0.4, 0.5) is 0 Å². The second-order valence-corrected chi connectivity index (χ2v) is 6.60.